The second-order valence-electron chi connectivity index (χ2n) is 3.38. The highest BCUT2D eigenvalue weighted by atomic mass is 32.1. The monoisotopic (exact) mass is 222 g/mol. The van der Waals surface area contributed by atoms with E-state index in [2.05, 4.69) is 4.98 Å². The molecule has 0 radical (unpaired) electrons. The highest BCUT2D eigenvalue weighted by molar-refractivity contribution is 7.15. The molecule has 1 aromatic heterocycles. The van der Waals surface area contributed by atoms with Crippen LogP contribution in [0.1, 0.15) is 16.0 Å². The van der Waals surface area contributed by atoms with Gasteiger partial charge in [-0.05, 0) is 24.1 Å². The molecule has 1 aromatic carbocycles. The van der Waals surface area contributed by atoms with E-state index in [0.29, 0.717) is 11.6 Å². The summed E-state index contributed by atoms with van der Waals surface area (Å²) in [5.74, 6) is -0.165. The minimum absolute atomic E-state index is 0.165. The van der Waals surface area contributed by atoms with Gasteiger partial charge in [-0.15, -0.1) is 11.3 Å². The Morgan fingerprint density at radius 2 is 2.27 bits per heavy atom. The van der Waals surface area contributed by atoms with Crippen molar-refractivity contribution in [1.29, 1.82) is 0 Å². The first-order chi connectivity index (χ1) is 7.16. The lowest BCUT2D eigenvalue weighted by molar-refractivity contribution is 0.612. The second kappa shape index (κ2) is 3.98. The van der Waals surface area contributed by atoms with Crippen LogP contribution in [0.2, 0.25) is 0 Å². The zero-order valence-corrected chi connectivity index (χ0v) is 9.14. The van der Waals surface area contributed by atoms with Crippen LogP contribution in [0.4, 0.5) is 9.52 Å². The van der Waals surface area contributed by atoms with Gasteiger partial charge in [0, 0.05) is 17.5 Å². The third-order valence-electron chi connectivity index (χ3n) is 2.28. The highest BCUT2D eigenvalue weighted by Crippen LogP contribution is 2.22. The van der Waals surface area contributed by atoms with Crippen molar-refractivity contribution in [3.05, 3.63) is 46.2 Å². The first-order valence-electron chi connectivity index (χ1n) is 4.61. The van der Waals surface area contributed by atoms with E-state index in [1.807, 2.05) is 13.0 Å². The normalized spacial score (nSPS) is 10.5. The lowest BCUT2D eigenvalue weighted by Crippen LogP contribution is -1.94. The number of rotatable bonds is 2. The van der Waals surface area contributed by atoms with Crippen molar-refractivity contribution in [1.82, 2.24) is 4.98 Å². The average Bonchev–Trinajstić information content (AvgIpc) is 2.58. The molecule has 2 N–H and O–H groups in total. The average molecular weight is 222 g/mol. The molecule has 0 unspecified atom stereocenters. The van der Waals surface area contributed by atoms with Gasteiger partial charge in [0.25, 0.3) is 0 Å². The molecule has 78 valence electrons. The minimum atomic E-state index is -0.165. The van der Waals surface area contributed by atoms with Crippen molar-refractivity contribution in [2.45, 2.75) is 13.3 Å². The number of nitrogens with zero attached hydrogens (tertiary/aromatic N) is 1. The van der Waals surface area contributed by atoms with Gasteiger partial charge in [0.2, 0.25) is 0 Å². The van der Waals surface area contributed by atoms with Crippen LogP contribution in [0, 0.1) is 12.7 Å². The maximum Gasteiger partial charge on any atom is 0.180 e. The first-order valence-corrected chi connectivity index (χ1v) is 5.42. The lowest BCUT2D eigenvalue weighted by atomic mass is 10.0. The molecule has 0 atom stereocenters. The van der Waals surface area contributed by atoms with Gasteiger partial charge in [0.05, 0.1) is 0 Å². The number of benzene rings is 1. The minimum Gasteiger partial charge on any atom is -0.375 e. The molecule has 2 rings (SSSR count). The SMILES string of the molecule is Cc1cccc(F)c1Cc1cnc(N)s1. The van der Waals surface area contributed by atoms with Crippen molar-refractivity contribution >= 4 is 16.5 Å². The fourth-order valence-corrected chi connectivity index (χ4v) is 2.16. The Hall–Kier alpha value is -1.42. The van der Waals surface area contributed by atoms with Crippen LogP contribution in [0.15, 0.2) is 24.4 Å². The van der Waals surface area contributed by atoms with Gasteiger partial charge in [-0.25, -0.2) is 9.37 Å². The summed E-state index contributed by atoms with van der Waals surface area (Å²) in [6.07, 6.45) is 2.26. The molecule has 0 fully saturated rings. The predicted molar refractivity (Wildman–Crippen MR) is 60.5 cm³/mol. The van der Waals surface area contributed by atoms with Crippen molar-refractivity contribution in [2.24, 2.45) is 0 Å². The van der Waals surface area contributed by atoms with E-state index in [1.54, 1.807) is 12.3 Å². The molecule has 2 nitrogen and oxygen atoms in total. The molecule has 0 saturated heterocycles. The Kier molecular flexibility index (Phi) is 2.68. The molecule has 0 saturated carbocycles. The van der Waals surface area contributed by atoms with Crippen LogP contribution in [0.3, 0.4) is 0 Å². The Morgan fingerprint density at radius 3 is 2.87 bits per heavy atom. The number of thiazole rings is 1. The first kappa shape index (κ1) is 10.1. The number of anilines is 1. The van der Waals surface area contributed by atoms with E-state index < -0.39 is 0 Å². The second-order valence-corrected chi connectivity index (χ2v) is 4.52. The van der Waals surface area contributed by atoms with Gasteiger partial charge in [0.15, 0.2) is 5.13 Å². The number of aromatic nitrogens is 1. The Morgan fingerprint density at radius 1 is 1.47 bits per heavy atom. The zero-order chi connectivity index (χ0) is 10.8. The highest BCUT2D eigenvalue weighted by Gasteiger charge is 2.07. The standard InChI is InChI=1S/C11H11FN2S/c1-7-3-2-4-10(12)9(7)5-8-6-14-11(13)15-8/h2-4,6H,5H2,1H3,(H2,13,14). The van der Waals surface area contributed by atoms with Crippen LogP contribution >= 0.6 is 11.3 Å². The molecule has 0 aliphatic carbocycles. The summed E-state index contributed by atoms with van der Waals surface area (Å²) in [5, 5.41) is 0.527. The van der Waals surface area contributed by atoms with Gasteiger partial charge in [-0.3, -0.25) is 0 Å². The van der Waals surface area contributed by atoms with E-state index >= 15 is 0 Å². The summed E-state index contributed by atoms with van der Waals surface area (Å²) >= 11 is 1.40. The molecule has 0 spiro atoms. The molecule has 0 amide bonds. The number of aryl methyl sites for hydroxylation is 1. The van der Waals surface area contributed by atoms with Crippen LogP contribution < -0.4 is 5.73 Å². The Balaban J connectivity index is 2.31. The third kappa shape index (κ3) is 2.15. The van der Waals surface area contributed by atoms with E-state index in [-0.39, 0.29) is 5.82 Å². The number of nitrogens with two attached hydrogens (primary N) is 1. The van der Waals surface area contributed by atoms with Crippen molar-refractivity contribution in [3.8, 4) is 0 Å². The van der Waals surface area contributed by atoms with E-state index in [0.717, 1.165) is 16.0 Å². The summed E-state index contributed by atoms with van der Waals surface area (Å²) in [7, 11) is 0. The third-order valence-corrected chi connectivity index (χ3v) is 3.10. The smallest absolute Gasteiger partial charge is 0.180 e. The summed E-state index contributed by atoms with van der Waals surface area (Å²) in [4.78, 5) is 4.93. The van der Waals surface area contributed by atoms with Crippen molar-refractivity contribution in [3.63, 3.8) is 0 Å². The fourth-order valence-electron chi connectivity index (χ4n) is 1.47. The molecule has 0 aliphatic heterocycles. The summed E-state index contributed by atoms with van der Waals surface area (Å²) < 4.78 is 13.5. The van der Waals surface area contributed by atoms with Crippen LogP contribution in [0.25, 0.3) is 0 Å². The van der Waals surface area contributed by atoms with Crippen molar-refractivity contribution in [2.75, 3.05) is 5.73 Å². The summed E-state index contributed by atoms with van der Waals surface area (Å²) in [5.41, 5.74) is 7.21. The Bertz CT molecular complexity index is 459. The fraction of sp³-hybridized carbons (Fsp3) is 0.182. The Labute approximate surface area is 91.6 Å². The largest absolute Gasteiger partial charge is 0.375 e. The topological polar surface area (TPSA) is 38.9 Å². The molecule has 2 aromatic rings. The number of nitrogen functional groups attached to an aromatic ring is 1. The molecular formula is C11H11FN2S. The molecule has 0 bridgehead atoms. The molecular weight excluding hydrogens is 211 g/mol. The maximum atomic E-state index is 13.5. The van der Waals surface area contributed by atoms with Gasteiger partial charge >= 0.3 is 0 Å². The number of hydrogen-bond donors (Lipinski definition) is 1. The number of hydrogen-bond acceptors (Lipinski definition) is 3. The molecule has 4 heteroatoms. The van der Waals surface area contributed by atoms with Crippen LogP contribution in [-0.2, 0) is 6.42 Å². The predicted octanol–water partition coefficient (Wildman–Crippen LogP) is 2.76. The maximum absolute atomic E-state index is 13.5. The molecule has 15 heavy (non-hydrogen) atoms. The summed E-state index contributed by atoms with van der Waals surface area (Å²) in [6.45, 7) is 1.91. The van der Waals surface area contributed by atoms with Crippen LogP contribution in [0.5, 0.6) is 0 Å². The van der Waals surface area contributed by atoms with E-state index in [1.165, 1.54) is 17.4 Å². The zero-order valence-electron chi connectivity index (χ0n) is 8.33. The molecule has 1 heterocycles. The van der Waals surface area contributed by atoms with Gasteiger partial charge in [0.1, 0.15) is 5.82 Å². The lowest BCUT2D eigenvalue weighted by Gasteiger charge is -2.04. The van der Waals surface area contributed by atoms with Gasteiger partial charge in [-0.1, -0.05) is 12.1 Å². The summed E-state index contributed by atoms with van der Waals surface area (Å²) in [6, 6.07) is 5.10. The van der Waals surface area contributed by atoms with E-state index in [9.17, 15) is 4.39 Å². The van der Waals surface area contributed by atoms with Gasteiger partial charge < -0.3 is 5.73 Å². The quantitative estimate of drug-likeness (QED) is 0.848. The van der Waals surface area contributed by atoms with E-state index in [4.69, 9.17) is 5.73 Å². The number of halogens is 1. The van der Waals surface area contributed by atoms with Gasteiger partial charge in [-0.2, -0.15) is 0 Å². The molecule has 0 aliphatic rings. The van der Waals surface area contributed by atoms with Crippen LogP contribution in [-0.4, -0.2) is 4.98 Å². The van der Waals surface area contributed by atoms with Crippen molar-refractivity contribution < 1.29 is 4.39 Å².